The third kappa shape index (κ3) is 3.09. The number of phenolic OH excluding ortho intramolecular Hbond substituents is 1. The topological polar surface area (TPSA) is 40.5 Å². The van der Waals surface area contributed by atoms with Crippen molar-refractivity contribution >= 4 is 6.41 Å². The van der Waals surface area contributed by atoms with Crippen molar-refractivity contribution in [2.45, 2.75) is 13.3 Å². The van der Waals surface area contributed by atoms with Gasteiger partial charge in [-0.25, -0.2) is 0 Å². The molecule has 1 rings (SSSR count). The van der Waals surface area contributed by atoms with E-state index < -0.39 is 0 Å². The highest BCUT2D eigenvalue weighted by molar-refractivity contribution is 5.46. The summed E-state index contributed by atoms with van der Waals surface area (Å²) in [5.74, 6) is 0.275. The van der Waals surface area contributed by atoms with Crippen LogP contribution in [-0.4, -0.2) is 29.5 Å². The average molecular weight is 193 g/mol. The Hall–Kier alpha value is -1.51. The molecule has 0 unspecified atom stereocenters. The highest BCUT2D eigenvalue weighted by atomic mass is 16.3. The highest BCUT2D eigenvalue weighted by Gasteiger charge is 1.98. The summed E-state index contributed by atoms with van der Waals surface area (Å²) in [6.07, 6.45) is 1.69. The highest BCUT2D eigenvalue weighted by Crippen LogP contribution is 2.10. The first-order valence-corrected chi connectivity index (χ1v) is 4.73. The third-order valence-corrected chi connectivity index (χ3v) is 2.18. The summed E-state index contributed by atoms with van der Waals surface area (Å²) in [4.78, 5) is 12.2. The fraction of sp³-hybridized carbons (Fsp3) is 0.364. The van der Waals surface area contributed by atoms with Gasteiger partial charge in [-0.3, -0.25) is 4.79 Å². The minimum absolute atomic E-state index is 0.275. The van der Waals surface area contributed by atoms with Crippen molar-refractivity contribution in [3.8, 4) is 5.75 Å². The molecule has 0 saturated carbocycles. The standard InChI is InChI=1S/C11H15NO2/c1-2-12(9-13)8-7-10-3-5-11(14)6-4-10/h3-6,9,14H,2,7-8H2,1H3. The molecule has 1 aromatic carbocycles. The molecular formula is C11H15NO2. The Morgan fingerprint density at radius 1 is 1.36 bits per heavy atom. The van der Waals surface area contributed by atoms with Gasteiger partial charge in [0.1, 0.15) is 5.75 Å². The van der Waals surface area contributed by atoms with Gasteiger partial charge in [0.2, 0.25) is 6.41 Å². The van der Waals surface area contributed by atoms with E-state index in [-0.39, 0.29) is 5.75 Å². The van der Waals surface area contributed by atoms with Gasteiger partial charge < -0.3 is 10.0 Å². The van der Waals surface area contributed by atoms with E-state index in [1.165, 1.54) is 0 Å². The lowest BCUT2D eigenvalue weighted by Gasteiger charge is -2.14. The number of carbonyl (C=O) groups excluding carboxylic acids is 1. The largest absolute Gasteiger partial charge is 0.508 e. The summed E-state index contributed by atoms with van der Waals surface area (Å²) in [6, 6.07) is 7.06. The van der Waals surface area contributed by atoms with Crippen molar-refractivity contribution in [3.05, 3.63) is 29.8 Å². The van der Waals surface area contributed by atoms with Crippen molar-refractivity contribution in [2.75, 3.05) is 13.1 Å². The van der Waals surface area contributed by atoms with Crippen LogP contribution in [0.25, 0.3) is 0 Å². The molecule has 0 aromatic heterocycles. The molecule has 0 spiro atoms. The van der Waals surface area contributed by atoms with Crippen molar-refractivity contribution in [1.82, 2.24) is 4.90 Å². The summed E-state index contributed by atoms with van der Waals surface area (Å²) >= 11 is 0. The van der Waals surface area contributed by atoms with Gasteiger partial charge in [-0.1, -0.05) is 12.1 Å². The van der Waals surface area contributed by atoms with Crippen molar-refractivity contribution in [2.24, 2.45) is 0 Å². The summed E-state index contributed by atoms with van der Waals surface area (Å²) in [7, 11) is 0. The van der Waals surface area contributed by atoms with Crippen LogP contribution in [0.15, 0.2) is 24.3 Å². The molecule has 0 aliphatic rings. The number of aromatic hydroxyl groups is 1. The second-order valence-corrected chi connectivity index (χ2v) is 3.15. The van der Waals surface area contributed by atoms with Crippen LogP contribution in [0, 0.1) is 0 Å². The predicted octanol–water partition coefficient (Wildman–Crippen LogP) is 1.41. The number of rotatable bonds is 5. The van der Waals surface area contributed by atoms with E-state index in [0.717, 1.165) is 31.5 Å². The van der Waals surface area contributed by atoms with Crippen LogP contribution >= 0.6 is 0 Å². The Balaban J connectivity index is 2.45. The van der Waals surface area contributed by atoms with Gasteiger partial charge in [-0.05, 0) is 31.0 Å². The molecule has 0 aliphatic heterocycles. The smallest absolute Gasteiger partial charge is 0.209 e. The molecule has 1 amide bonds. The molecule has 3 nitrogen and oxygen atoms in total. The van der Waals surface area contributed by atoms with Crippen LogP contribution in [0.2, 0.25) is 0 Å². The summed E-state index contributed by atoms with van der Waals surface area (Å²) < 4.78 is 0. The van der Waals surface area contributed by atoms with E-state index in [1.807, 2.05) is 19.1 Å². The van der Waals surface area contributed by atoms with E-state index in [9.17, 15) is 4.79 Å². The molecular weight excluding hydrogens is 178 g/mol. The second-order valence-electron chi connectivity index (χ2n) is 3.15. The van der Waals surface area contributed by atoms with Crippen LogP contribution in [0.4, 0.5) is 0 Å². The quantitative estimate of drug-likeness (QED) is 0.718. The summed E-state index contributed by atoms with van der Waals surface area (Å²) in [6.45, 7) is 3.41. The molecule has 14 heavy (non-hydrogen) atoms. The Morgan fingerprint density at radius 3 is 2.50 bits per heavy atom. The maximum absolute atomic E-state index is 10.5. The van der Waals surface area contributed by atoms with E-state index in [0.29, 0.717) is 0 Å². The van der Waals surface area contributed by atoms with Crippen molar-refractivity contribution in [3.63, 3.8) is 0 Å². The van der Waals surface area contributed by atoms with Crippen LogP contribution in [0.3, 0.4) is 0 Å². The fourth-order valence-electron chi connectivity index (χ4n) is 1.22. The van der Waals surface area contributed by atoms with Crippen LogP contribution in [-0.2, 0) is 11.2 Å². The normalized spacial score (nSPS) is 9.79. The van der Waals surface area contributed by atoms with Gasteiger partial charge in [0.05, 0.1) is 0 Å². The molecule has 0 saturated heterocycles. The van der Waals surface area contributed by atoms with Gasteiger partial charge >= 0.3 is 0 Å². The molecule has 1 aromatic rings. The Bertz CT molecular complexity index is 282. The molecule has 0 fully saturated rings. The van der Waals surface area contributed by atoms with Gasteiger partial charge in [0.25, 0.3) is 0 Å². The molecule has 0 radical (unpaired) electrons. The van der Waals surface area contributed by atoms with Crippen molar-refractivity contribution in [1.29, 1.82) is 0 Å². The SMILES string of the molecule is CCN(C=O)CCc1ccc(O)cc1. The number of carbonyl (C=O) groups is 1. The lowest BCUT2D eigenvalue weighted by atomic mass is 10.1. The molecule has 0 heterocycles. The monoisotopic (exact) mass is 193 g/mol. The van der Waals surface area contributed by atoms with E-state index in [2.05, 4.69) is 0 Å². The van der Waals surface area contributed by atoms with Crippen LogP contribution < -0.4 is 0 Å². The lowest BCUT2D eigenvalue weighted by Crippen LogP contribution is -2.23. The van der Waals surface area contributed by atoms with Gasteiger partial charge in [-0.2, -0.15) is 0 Å². The predicted molar refractivity (Wildman–Crippen MR) is 55.1 cm³/mol. The molecule has 1 N–H and O–H groups in total. The van der Waals surface area contributed by atoms with Crippen LogP contribution in [0.5, 0.6) is 5.75 Å². The second kappa shape index (κ2) is 5.27. The maximum Gasteiger partial charge on any atom is 0.209 e. The number of hydrogen-bond donors (Lipinski definition) is 1. The zero-order valence-corrected chi connectivity index (χ0v) is 8.31. The number of likely N-dealkylation sites (N-methyl/N-ethyl adjacent to an activating group) is 1. The minimum atomic E-state index is 0.275. The molecule has 0 bridgehead atoms. The first kappa shape index (κ1) is 10.6. The third-order valence-electron chi connectivity index (χ3n) is 2.18. The fourth-order valence-corrected chi connectivity index (χ4v) is 1.22. The minimum Gasteiger partial charge on any atom is -0.508 e. The first-order chi connectivity index (χ1) is 6.76. The summed E-state index contributed by atoms with van der Waals surface area (Å²) in [5, 5.41) is 9.06. The number of hydrogen-bond acceptors (Lipinski definition) is 2. The van der Waals surface area contributed by atoms with E-state index in [4.69, 9.17) is 5.11 Å². The summed E-state index contributed by atoms with van der Waals surface area (Å²) in [5.41, 5.74) is 1.13. The molecule has 76 valence electrons. The zero-order valence-electron chi connectivity index (χ0n) is 8.31. The number of nitrogens with zero attached hydrogens (tertiary/aromatic N) is 1. The average Bonchev–Trinajstić information content (AvgIpc) is 2.22. The van der Waals surface area contributed by atoms with Crippen molar-refractivity contribution < 1.29 is 9.90 Å². The Labute approximate surface area is 84.0 Å². The van der Waals surface area contributed by atoms with E-state index in [1.54, 1.807) is 17.0 Å². The maximum atomic E-state index is 10.5. The van der Waals surface area contributed by atoms with Crippen LogP contribution in [0.1, 0.15) is 12.5 Å². The first-order valence-electron chi connectivity index (χ1n) is 4.73. The molecule has 0 atom stereocenters. The lowest BCUT2D eigenvalue weighted by molar-refractivity contribution is -0.117. The van der Waals surface area contributed by atoms with E-state index >= 15 is 0 Å². The number of benzene rings is 1. The van der Waals surface area contributed by atoms with Gasteiger partial charge in [-0.15, -0.1) is 0 Å². The Kier molecular flexibility index (Phi) is 3.98. The number of phenols is 1. The Morgan fingerprint density at radius 2 is 2.00 bits per heavy atom. The molecule has 0 aliphatic carbocycles. The van der Waals surface area contributed by atoms with Gasteiger partial charge in [0, 0.05) is 13.1 Å². The number of amides is 1. The molecule has 3 heteroatoms. The zero-order chi connectivity index (χ0) is 10.4. The van der Waals surface area contributed by atoms with Gasteiger partial charge in [0.15, 0.2) is 0 Å².